The van der Waals surface area contributed by atoms with Gasteiger partial charge in [0.2, 0.25) is 0 Å². The number of unbranched alkanes of at least 4 members (excludes halogenated alkanes) is 9. The lowest BCUT2D eigenvalue weighted by Crippen LogP contribution is -2.30. The number of hydrogen-bond donors (Lipinski definition) is 0. The molecule has 0 spiro atoms. The molecule has 6 nitrogen and oxygen atoms in total. The summed E-state index contributed by atoms with van der Waals surface area (Å²) in [4.78, 5) is 38.2. The molecule has 0 aliphatic carbocycles. The normalized spacial score (nSPS) is 13.5. The Labute approximate surface area is 471 Å². The van der Waals surface area contributed by atoms with Crippen LogP contribution in [0.4, 0.5) is 0 Å². The molecule has 0 aromatic rings. The highest BCUT2D eigenvalue weighted by molar-refractivity contribution is 5.72. The lowest BCUT2D eigenvalue weighted by Gasteiger charge is -2.18. The van der Waals surface area contributed by atoms with Gasteiger partial charge in [-0.2, -0.15) is 0 Å². The molecule has 0 saturated carbocycles. The van der Waals surface area contributed by atoms with Crippen molar-refractivity contribution in [2.24, 2.45) is 0 Å². The van der Waals surface area contributed by atoms with E-state index in [1.165, 1.54) is 19.3 Å². The maximum absolute atomic E-state index is 12.9. The first-order valence-corrected chi connectivity index (χ1v) is 29.9. The fraction of sp³-hybridized carbons (Fsp3) is 0.507. The van der Waals surface area contributed by atoms with E-state index in [0.29, 0.717) is 12.8 Å². The van der Waals surface area contributed by atoms with Crippen LogP contribution in [0.3, 0.4) is 0 Å². The van der Waals surface area contributed by atoms with Crippen molar-refractivity contribution < 1.29 is 28.6 Å². The number of carbonyl (C=O) groups is 3. The largest absolute Gasteiger partial charge is 0.462 e. The number of carbonyl (C=O) groups excluding carboxylic acids is 3. The van der Waals surface area contributed by atoms with Gasteiger partial charge in [0.15, 0.2) is 6.10 Å². The van der Waals surface area contributed by atoms with Gasteiger partial charge < -0.3 is 14.2 Å². The third kappa shape index (κ3) is 61.0. The van der Waals surface area contributed by atoms with E-state index >= 15 is 0 Å². The topological polar surface area (TPSA) is 78.9 Å². The van der Waals surface area contributed by atoms with Crippen molar-refractivity contribution in [1.82, 2.24) is 0 Å². The predicted octanol–water partition coefficient (Wildman–Crippen LogP) is 20.6. The van der Waals surface area contributed by atoms with Gasteiger partial charge in [-0.25, -0.2) is 0 Å². The summed E-state index contributed by atoms with van der Waals surface area (Å²) < 4.78 is 16.7. The third-order valence-electron chi connectivity index (χ3n) is 11.6. The summed E-state index contributed by atoms with van der Waals surface area (Å²) in [6.07, 6.45) is 96.0. The second kappa shape index (κ2) is 62.8. The molecule has 0 radical (unpaired) electrons. The molecule has 0 saturated heterocycles. The molecule has 0 aromatic carbocycles. The van der Waals surface area contributed by atoms with Crippen LogP contribution in [-0.4, -0.2) is 37.2 Å². The maximum atomic E-state index is 12.9. The molecule has 6 heteroatoms. The number of ether oxygens (including phenoxy) is 3. The van der Waals surface area contributed by atoms with Crippen LogP contribution in [0.25, 0.3) is 0 Å². The van der Waals surface area contributed by atoms with Gasteiger partial charge in [-0.05, 0) is 141 Å². The van der Waals surface area contributed by atoms with Crippen molar-refractivity contribution in [1.29, 1.82) is 0 Å². The minimum atomic E-state index is -0.854. The van der Waals surface area contributed by atoms with Gasteiger partial charge in [-0.1, -0.05) is 247 Å². The first-order chi connectivity index (χ1) is 38.0. The Hall–Kier alpha value is -5.75. The Balaban J connectivity index is 4.58. The van der Waals surface area contributed by atoms with Crippen molar-refractivity contribution in [3.63, 3.8) is 0 Å². The summed E-state index contributed by atoms with van der Waals surface area (Å²) in [5.74, 6) is -1.14. The fourth-order valence-electron chi connectivity index (χ4n) is 7.25. The molecule has 0 fully saturated rings. The average Bonchev–Trinajstić information content (AvgIpc) is 3.43. The molecular weight excluding hydrogens is 949 g/mol. The molecule has 0 heterocycles. The lowest BCUT2D eigenvalue weighted by molar-refractivity contribution is -0.166. The zero-order valence-corrected chi connectivity index (χ0v) is 48.6. The molecular formula is C71H106O6. The molecule has 426 valence electrons. The second-order valence-electron chi connectivity index (χ2n) is 18.8. The van der Waals surface area contributed by atoms with Crippen molar-refractivity contribution >= 4 is 17.9 Å². The molecule has 0 N–H and O–H groups in total. The monoisotopic (exact) mass is 1050 g/mol. The quantitative estimate of drug-likeness (QED) is 0.0261. The van der Waals surface area contributed by atoms with Crippen molar-refractivity contribution in [3.05, 3.63) is 194 Å². The van der Waals surface area contributed by atoms with Gasteiger partial charge in [-0.3, -0.25) is 14.4 Å². The molecule has 1 unspecified atom stereocenters. The molecule has 0 aliphatic rings. The summed E-state index contributed by atoms with van der Waals surface area (Å²) in [5.41, 5.74) is 0. The van der Waals surface area contributed by atoms with Gasteiger partial charge in [-0.15, -0.1) is 0 Å². The average molecular weight is 1060 g/mol. The van der Waals surface area contributed by atoms with E-state index in [4.69, 9.17) is 14.2 Å². The van der Waals surface area contributed by atoms with Crippen LogP contribution in [0, 0.1) is 0 Å². The van der Waals surface area contributed by atoms with Gasteiger partial charge >= 0.3 is 17.9 Å². The number of allylic oxidation sites excluding steroid dienone is 31. The van der Waals surface area contributed by atoms with E-state index in [1.807, 2.05) is 6.08 Å². The van der Waals surface area contributed by atoms with Crippen LogP contribution in [0.2, 0.25) is 0 Å². The van der Waals surface area contributed by atoms with Crippen LogP contribution in [0.5, 0.6) is 0 Å². The van der Waals surface area contributed by atoms with E-state index in [1.54, 1.807) is 6.08 Å². The first-order valence-electron chi connectivity index (χ1n) is 29.9. The summed E-state index contributed by atoms with van der Waals surface area (Å²) in [7, 11) is 0. The predicted molar refractivity (Wildman–Crippen MR) is 334 cm³/mol. The third-order valence-corrected chi connectivity index (χ3v) is 11.6. The number of esters is 3. The molecule has 77 heavy (non-hydrogen) atoms. The summed E-state index contributed by atoms with van der Waals surface area (Å²) in [6.45, 7) is 6.14. The fourth-order valence-corrected chi connectivity index (χ4v) is 7.25. The summed E-state index contributed by atoms with van der Waals surface area (Å²) >= 11 is 0. The van der Waals surface area contributed by atoms with E-state index in [2.05, 4.69) is 203 Å². The zero-order valence-electron chi connectivity index (χ0n) is 48.6. The van der Waals surface area contributed by atoms with Crippen LogP contribution in [0.15, 0.2) is 194 Å². The maximum Gasteiger partial charge on any atom is 0.309 e. The Morgan fingerprint density at radius 3 is 0.870 bits per heavy atom. The van der Waals surface area contributed by atoms with Crippen molar-refractivity contribution in [2.45, 2.75) is 219 Å². The van der Waals surface area contributed by atoms with Gasteiger partial charge in [0.05, 0.1) is 6.42 Å². The van der Waals surface area contributed by atoms with Crippen LogP contribution in [0.1, 0.15) is 213 Å². The van der Waals surface area contributed by atoms with E-state index < -0.39 is 12.1 Å². The van der Waals surface area contributed by atoms with Crippen molar-refractivity contribution in [3.8, 4) is 0 Å². The van der Waals surface area contributed by atoms with Crippen LogP contribution >= 0.6 is 0 Å². The molecule has 0 aliphatic heterocycles. The Bertz CT molecular complexity index is 1880. The number of hydrogen-bond acceptors (Lipinski definition) is 6. The van der Waals surface area contributed by atoms with E-state index in [-0.39, 0.29) is 44.4 Å². The second-order valence-corrected chi connectivity index (χ2v) is 18.8. The SMILES string of the molecule is CC/C=C\C/C=C\C/C=C\C/C=C\C/C=C\C/C=C\C/C=C\C/C=C\CCCCC(=O)OCC(COC(=O)C/C=C\C/C=C\C/C=C\C/C=C\C/C=C\CC)OC(=O)CCCCCCCCC/C=C\C/C=C\C/C=C\CC. The van der Waals surface area contributed by atoms with E-state index in [9.17, 15) is 14.4 Å². The minimum absolute atomic E-state index is 0.106. The molecule has 1 atom stereocenters. The summed E-state index contributed by atoms with van der Waals surface area (Å²) in [6, 6.07) is 0. The summed E-state index contributed by atoms with van der Waals surface area (Å²) in [5, 5.41) is 0. The Morgan fingerprint density at radius 1 is 0.273 bits per heavy atom. The highest BCUT2D eigenvalue weighted by Crippen LogP contribution is 2.12. The molecule has 0 aromatic heterocycles. The molecule has 0 rings (SSSR count). The van der Waals surface area contributed by atoms with E-state index in [0.717, 1.165) is 141 Å². The van der Waals surface area contributed by atoms with Crippen LogP contribution < -0.4 is 0 Å². The number of rotatable bonds is 51. The van der Waals surface area contributed by atoms with Gasteiger partial charge in [0.1, 0.15) is 13.2 Å². The van der Waals surface area contributed by atoms with Crippen LogP contribution in [-0.2, 0) is 28.6 Å². The standard InChI is InChI=1S/C71H106O6/c1-4-7-10-13-16-19-22-25-28-30-31-32-33-34-35-36-37-38-39-41-43-46-49-52-55-58-61-64-70(73)76-67-68(66-75-69(72)63-60-57-54-51-48-45-42-27-24-21-18-15-12-9-6-3)77-71(74)65-62-59-56-53-50-47-44-40-29-26-23-20-17-14-11-8-5-2/h7-12,16-21,25-29,31-32,34-35,37-38,41-43,48-49,51-52,57,60,68H,4-6,13-15,22-24,30,33,36,39-40,44-47,50,53-56,58-59,61-67H2,1-3H3/b10-7-,11-8-,12-9-,19-16-,20-17-,21-18-,28-25-,29-26-,32-31-,35-34-,38-37-,42-27-,43-41-,51-48-,52-49-,60-57-. The highest BCUT2D eigenvalue weighted by atomic mass is 16.6. The Morgan fingerprint density at radius 2 is 0.519 bits per heavy atom. The first kappa shape index (κ1) is 71.2. The van der Waals surface area contributed by atoms with Gasteiger partial charge in [0.25, 0.3) is 0 Å². The zero-order chi connectivity index (χ0) is 55.7. The minimum Gasteiger partial charge on any atom is -0.462 e. The molecule has 0 bridgehead atoms. The lowest BCUT2D eigenvalue weighted by atomic mass is 10.1. The smallest absolute Gasteiger partial charge is 0.309 e. The van der Waals surface area contributed by atoms with Gasteiger partial charge in [0, 0.05) is 12.8 Å². The highest BCUT2D eigenvalue weighted by Gasteiger charge is 2.19. The van der Waals surface area contributed by atoms with Crippen molar-refractivity contribution in [2.75, 3.05) is 13.2 Å². The Kier molecular flexibility index (Phi) is 58.1. The molecule has 0 amide bonds.